The Morgan fingerprint density at radius 1 is 1.05 bits per heavy atom. The Balaban J connectivity index is 1.77. The van der Waals surface area contributed by atoms with E-state index in [1.807, 2.05) is 17.0 Å². The topological polar surface area (TPSA) is 57.6 Å². The SMILES string of the molecule is O=C(O)[C@H]1CCC[C@H]1C(=O)N1CCCc2ccccc2C1. The summed E-state index contributed by atoms with van der Waals surface area (Å²) in [6, 6.07) is 8.24. The van der Waals surface area contributed by atoms with Crippen molar-refractivity contribution in [3.05, 3.63) is 35.4 Å². The summed E-state index contributed by atoms with van der Waals surface area (Å²) in [4.78, 5) is 25.9. The lowest BCUT2D eigenvalue weighted by atomic mass is 9.94. The molecule has 2 aliphatic rings. The van der Waals surface area contributed by atoms with Crippen molar-refractivity contribution in [1.29, 1.82) is 0 Å². The average Bonchev–Trinajstić information content (AvgIpc) is 2.87. The molecule has 1 aliphatic heterocycles. The number of amides is 1. The molecular formula is C17H21NO3. The van der Waals surface area contributed by atoms with Crippen molar-refractivity contribution >= 4 is 11.9 Å². The zero-order chi connectivity index (χ0) is 14.8. The minimum absolute atomic E-state index is 0.0385. The third-order valence-electron chi connectivity index (χ3n) is 4.82. The number of aliphatic carboxylic acids is 1. The van der Waals surface area contributed by atoms with Crippen LogP contribution >= 0.6 is 0 Å². The second kappa shape index (κ2) is 5.88. The summed E-state index contributed by atoms with van der Waals surface area (Å²) in [6.07, 6.45) is 4.14. The Bertz CT molecular complexity index is 555. The number of rotatable bonds is 2. The predicted octanol–water partition coefficient (Wildman–Crippen LogP) is 2.46. The normalized spacial score (nSPS) is 25.2. The Morgan fingerprint density at radius 2 is 1.76 bits per heavy atom. The van der Waals surface area contributed by atoms with Crippen molar-refractivity contribution in [3.63, 3.8) is 0 Å². The minimum atomic E-state index is -0.818. The highest BCUT2D eigenvalue weighted by Gasteiger charge is 2.39. The van der Waals surface area contributed by atoms with E-state index in [0.29, 0.717) is 19.4 Å². The lowest BCUT2D eigenvalue weighted by Gasteiger charge is -2.26. The fraction of sp³-hybridized carbons (Fsp3) is 0.529. The highest BCUT2D eigenvalue weighted by molar-refractivity contribution is 5.85. The minimum Gasteiger partial charge on any atom is -0.481 e. The Kier molecular flexibility index (Phi) is 3.95. The van der Waals surface area contributed by atoms with E-state index >= 15 is 0 Å². The molecule has 0 saturated heterocycles. The molecule has 1 aromatic carbocycles. The molecule has 1 fully saturated rings. The molecule has 3 rings (SSSR count). The van der Waals surface area contributed by atoms with E-state index in [9.17, 15) is 14.7 Å². The van der Waals surface area contributed by atoms with Crippen LogP contribution in [-0.2, 0) is 22.6 Å². The van der Waals surface area contributed by atoms with Gasteiger partial charge in [0.1, 0.15) is 0 Å². The molecule has 1 aliphatic carbocycles. The van der Waals surface area contributed by atoms with Crippen LogP contribution in [0.25, 0.3) is 0 Å². The number of aryl methyl sites for hydroxylation is 1. The molecule has 2 atom stereocenters. The van der Waals surface area contributed by atoms with E-state index in [1.165, 1.54) is 11.1 Å². The van der Waals surface area contributed by atoms with E-state index in [2.05, 4.69) is 12.1 Å². The van der Waals surface area contributed by atoms with E-state index < -0.39 is 11.9 Å². The molecule has 0 bridgehead atoms. The number of carbonyl (C=O) groups is 2. The predicted molar refractivity (Wildman–Crippen MR) is 78.6 cm³/mol. The number of carboxylic acids is 1. The van der Waals surface area contributed by atoms with Crippen LogP contribution in [0.1, 0.15) is 36.8 Å². The van der Waals surface area contributed by atoms with Gasteiger partial charge in [-0.25, -0.2) is 0 Å². The fourth-order valence-electron chi connectivity index (χ4n) is 3.67. The van der Waals surface area contributed by atoms with Crippen LogP contribution in [0.3, 0.4) is 0 Å². The Morgan fingerprint density at radius 3 is 2.52 bits per heavy atom. The lowest BCUT2D eigenvalue weighted by Crippen LogP contribution is -2.39. The highest BCUT2D eigenvalue weighted by atomic mass is 16.4. The van der Waals surface area contributed by atoms with Gasteiger partial charge in [-0.1, -0.05) is 30.7 Å². The van der Waals surface area contributed by atoms with Gasteiger partial charge in [-0.05, 0) is 36.8 Å². The number of carbonyl (C=O) groups excluding carboxylic acids is 1. The molecule has 1 amide bonds. The Labute approximate surface area is 124 Å². The standard InChI is InChI=1S/C17H21NO3/c19-16(14-8-3-9-15(14)17(20)21)18-10-4-7-12-5-1-2-6-13(12)11-18/h1-2,5-6,14-15H,3-4,7-11H2,(H,20,21)/t14-,15+/m1/s1. The maximum absolute atomic E-state index is 12.7. The number of hydrogen-bond acceptors (Lipinski definition) is 2. The zero-order valence-corrected chi connectivity index (χ0v) is 12.1. The quantitative estimate of drug-likeness (QED) is 0.909. The summed E-state index contributed by atoms with van der Waals surface area (Å²) in [6.45, 7) is 1.36. The van der Waals surface area contributed by atoms with Gasteiger partial charge in [0, 0.05) is 13.1 Å². The lowest BCUT2D eigenvalue weighted by molar-refractivity contribution is -0.149. The summed E-state index contributed by atoms with van der Waals surface area (Å²) < 4.78 is 0. The average molecular weight is 287 g/mol. The second-order valence-electron chi connectivity index (χ2n) is 6.11. The van der Waals surface area contributed by atoms with Crippen LogP contribution in [0.4, 0.5) is 0 Å². The third-order valence-corrected chi connectivity index (χ3v) is 4.82. The second-order valence-corrected chi connectivity index (χ2v) is 6.11. The zero-order valence-electron chi connectivity index (χ0n) is 12.1. The van der Waals surface area contributed by atoms with Gasteiger partial charge in [-0.15, -0.1) is 0 Å². The van der Waals surface area contributed by atoms with Crippen molar-refractivity contribution in [3.8, 4) is 0 Å². The number of nitrogens with zero attached hydrogens (tertiary/aromatic N) is 1. The van der Waals surface area contributed by atoms with Crippen LogP contribution in [0.5, 0.6) is 0 Å². The Hall–Kier alpha value is -1.84. The first kappa shape index (κ1) is 14.1. The van der Waals surface area contributed by atoms with Crippen LogP contribution in [0, 0.1) is 11.8 Å². The van der Waals surface area contributed by atoms with Crippen molar-refractivity contribution in [1.82, 2.24) is 4.90 Å². The number of hydrogen-bond donors (Lipinski definition) is 1. The van der Waals surface area contributed by atoms with E-state index in [-0.39, 0.29) is 11.8 Å². The molecular weight excluding hydrogens is 266 g/mol. The summed E-state index contributed by atoms with van der Waals surface area (Å²) in [5.41, 5.74) is 2.52. The fourth-order valence-corrected chi connectivity index (χ4v) is 3.67. The molecule has 1 N–H and O–H groups in total. The van der Waals surface area contributed by atoms with Gasteiger partial charge >= 0.3 is 5.97 Å². The van der Waals surface area contributed by atoms with Gasteiger partial charge in [-0.3, -0.25) is 9.59 Å². The van der Waals surface area contributed by atoms with Crippen molar-refractivity contribution in [2.45, 2.75) is 38.6 Å². The van der Waals surface area contributed by atoms with Gasteiger partial charge in [0.05, 0.1) is 11.8 Å². The number of carboxylic acid groups (broad SMARTS) is 1. The molecule has 112 valence electrons. The van der Waals surface area contributed by atoms with E-state index in [0.717, 1.165) is 25.8 Å². The molecule has 0 spiro atoms. The van der Waals surface area contributed by atoms with Crippen molar-refractivity contribution < 1.29 is 14.7 Å². The number of benzene rings is 1. The van der Waals surface area contributed by atoms with E-state index in [1.54, 1.807) is 0 Å². The maximum atomic E-state index is 12.7. The van der Waals surface area contributed by atoms with Gasteiger partial charge in [0.15, 0.2) is 0 Å². The first-order valence-corrected chi connectivity index (χ1v) is 7.75. The van der Waals surface area contributed by atoms with Crippen LogP contribution < -0.4 is 0 Å². The van der Waals surface area contributed by atoms with Crippen LogP contribution in [0.2, 0.25) is 0 Å². The third kappa shape index (κ3) is 2.80. The summed E-state index contributed by atoms with van der Waals surface area (Å²) in [7, 11) is 0. The molecule has 0 unspecified atom stereocenters. The summed E-state index contributed by atoms with van der Waals surface area (Å²) in [5.74, 6) is -1.60. The van der Waals surface area contributed by atoms with Crippen LogP contribution in [-0.4, -0.2) is 28.4 Å². The first-order chi connectivity index (χ1) is 10.2. The summed E-state index contributed by atoms with van der Waals surface area (Å²) in [5, 5.41) is 9.27. The van der Waals surface area contributed by atoms with Crippen molar-refractivity contribution in [2.75, 3.05) is 6.54 Å². The number of fused-ring (bicyclic) bond motifs is 1. The monoisotopic (exact) mass is 287 g/mol. The molecule has 1 saturated carbocycles. The van der Waals surface area contributed by atoms with Crippen LogP contribution in [0.15, 0.2) is 24.3 Å². The molecule has 0 radical (unpaired) electrons. The van der Waals surface area contributed by atoms with Gasteiger partial charge in [-0.2, -0.15) is 0 Å². The molecule has 0 aromatic heterocycles. The van der Waals surface area contributed by atoms with Gasteiger partial charge < -0.3 is 10.0 Å². The summed E-state index contributed by atoms with van der Waals surface area (Å²) >= 11 is 0. The highest BCUT2D eigenvalue weighted by Crippen LogP contribution is 2.34. The van der Waals surface area contributed by atoms with E-state index in [4.69, 9.17) is 0 Å². The molecule has 1 aromatic rings. The maximum Gasteiger partial charge on any atom is 0.307 e. The smallest absolute Gasteiger partial charge is 0.307 e. The van der Waals surface area contributed by atoms with Crippen molar-refractivity contribution in [2.24, 2.45) is 11.8 Å². The molecule has 4 heteroatoms. The first-order valence-electron chi connectivity index (χ1n) is 7.75. The molecule has 4 nitrogen and oxygen atoms in total. The van der Waals surface area contributed by atoms with Gasteiger partial charge in [0.25, 0.3) is 0 Å². The molecule has 1 heterocycles. The molecule has 21 heavy (non-hydrogen) atoms. The van der Waals surface area contributed by atoms with Gasteiger partial charge in [0.2, 0.25) is 5.91 Å². The largest absolute Gasteiger partial charge is 0.481 e.